The van der Waals surface area contributed by atoms with Gasteiger partial charge in [-0.15, -0.1) is 0 Å². The number of thiol groups is 1. The first kappa shape index (κ1) is 17.4. The zero-order valence-corrected chi connectivity index (χ0v) is 10.2. The van der Waals surface area contributed by atoms with E-state index in [4.69, 9.17) is 21.1 Å². The summed E-state index contributed by atoms with van der Waals surface area (Å²) >= 11 is 5.18. The van der Waals surface area contributed by atoms with Gasteiger partial charge in [0.1, 0.15) is 6.04 Å². The Balaban J connectivity index is 0. The highest BCUT2D eigenvalue weighted by Crippen LogP contribution is 2.02. The lowest BCUT2D eigenvalue weighted by Gasteiger charge is -2.04. The van der Waals surface area contributed by atoms with E-state index in [2.05, 4.69) is 12.6 Å². The fourth-order valence-electron chi connectivity index (χ4n) is 0.500. The molecule has 0 amide bonds. The van der Waals surface area contributed by atoms with Gasteiger partial charge in [0.25, 0.3) is 0 Å². The highest BCUT2D eigenvalue weighted by Gasteiger charge is 2.09. The minimum absolute atomic E-state index is 0.132. The Hall–Kier alpha value is 0.0500. The van der Waals surface area contributed by atoms with Crippen molar-refractivity contribution in [3.05, 3.63) is 0 Å². The Kier molecular flexibility index (Phi) is 16.3. The number of hydrogen-bond donors (Lipinski definition) is 5. The Bertz CT molecular complexity index is 147. The molecule has 0 spiro atoms. The molecule has 0 aromatic heterocycles. The topological polar surface area (TPSA) is 104 Å². The summed E-state index contributed by atoms with van der Waals surface area (Å²) in [5.74, 6) is 0.940. The van der Waals surface area contributed by atoms with Crippen LogP contribution in [0.15, 0.2) is 0 Å². The standard InChI is InChI=1S/C6H13NO3S.C2H6OS/c7-5(6(9)10)1-3-11-4-2-8;3-1-2-4/h5,8H,1-4,7H2,(H,9,10);3-4H,1-2H2/t5-;/m0./s1. The van der Waals surface area contributed by atoms with Crippen molar-refractivity contribution in [2.75, 3.05) is 30.5 Å². The van der Waals surface area contributed by atoms with Crippen LogP contribution >= 0.6 is 24.4 Å². The smallest absolute Gasteiger partial charge is 0.320 e. The molecule has 5 N–H and O–H groups in total. The van der Waals surface area contributed by atoms with Gasteiger partial charge in [-0.25, -0.2) is 0 Å². The summed E-state index contributed by atoms with van der Waals surface area (Å²) in [5, 5.41) is 24.5. The van der Waals surface area contributed by atoms with Crippen molar-refractivity contribution in [3.63, 3.8) is 0 Å². The van der Waals surface area contributed by atoms with Crippen LogP contribution in [0.1, 0.15) is 6.42 Å². The van der Waals surface area contributed by atoms with Gasteiger partial charge in [0.15, 0.2) is 0 Å². The molecule has 92 valence electrons. The first-order chi connectivity index (χ1) is 7.09. The third-order valence-corrected chi connectivity index (χ3v) is 2.42. The predicted octanol–water partition coefficient (Wildman–Crippen LogP) is -0.578. The molecule has 0 unspecified atom stereocenters. The van der Waals surface area contributed by atoms with Gasteiger partial charge in [0.2, 0.25) is 0 Å². The van der Waals surface area contributed by atoms with Crippen molar-refractivity contribution in [2.45, 2.75) is 12.5 Å². The number of carboxylic acids is 1. The molecule has 0 aliphatic rings. The summed E-state index contributed by atoms with van der Waals surface area (Å²) in [6.07, 6.45) is 0.458. The van der Waals surface area contributed by atoms with E-state index in [1.165, 1.54) is 11.8 Å². The first-order valence-corrected chi connectivity index (χ1v) is 6.27. The van der Waals surface area contributed by atoms with Crippen LogP contribution in [-0.2, 0) is 4.79 Å². The molecule has 1 atom stereocenters. The SMILES string of the molecule is N[C@@H](CCSCCO)C(=O)O.OCCS. The second kappa shape index (κ2) is 14.1. The number of carbonyl (C=O) groups is 1. The van der Waals surface area contributed by atoms with Gasteiger partial charge in [-0.3, -0.25) is 4.79 Å². The number of aliphatic hydroxyl groups excluding tert-OH is 2. The van der Waals surface area contributed by atoms with Crippen molar-refractivity contribution >= 4 is 30.4 Å². The molecule has 5 nitrogen and oxygen atoms in total. The van der Waals surface area contributed by atoms with Gasteiger partial charge >= 0.3 is 5.97 Å². The Morgan fingerprint density at radius 1 is 1.33 bits per heavy atom. The zero-order chi connectivity index (χ0) is 12.1. The maximum absolute atomic E-state index is 10.2. The van der Waals surface area contributed by atoms with E-state index < -0.39 is 12.0 Å². The van der Waals surface area contributed by atoms with Crippen molar-refractivity contribution in [1.82, 2.24) is 0 Å². The van der Waals surface area contributed by atoms with Gasteiger partial charge in [-0.1, -0.05) is 0 Å². The van der Waals surface area contributed by atoms with Crippen LogP contribution in [0.4, 0.5) is 0 Å². The number of thioether (sulfide) groups is 1. The average molecular weight is 257 g/mol. The molecule has 0 saturated carbocycles. The third-order valence-electron chi connectivity index (χ3n) is 1.23. The van der Waals surface area contributed by atoms with Crippen LogP contribution in [0.25, 0.3) is 0 Å². The molecule has 0 heterocycles. The highest BCUT2D eigenvalue weighted by atomic mass is 32.2. The number of rotatable bonds is 7. The molecule has 0 aromatic carbocycles. The first-order valence-electron chi connectivity index (χ1n) is 4.48. The van der Waals surface area contributed by atoms with Crippen LogP contribution in [0.5, 0.6) is 0 Å². The molecule has 0 aliphatic heterocycles. The van der Waals surface area contributed by atoms with Crippen molar-refractivity contribution < 1.29 is 20.1 Å². The second-order valence-corrected chi connectivity index (χ2v) is 4.19. The summed E-state index contributed by atoms with van der Waals surface area (Å²) in [6.45, 7) is 0.316. The zero-order valence-electron chi connectivity index (χ0n) is 8.50. The predicted molar refractivity (Wildman–Crippen MR) is 65.6 cm³/mol. The minimum Gasteiger partial charge on any atom is -0.480 e. The maximum atomic E-state index is 10.2. The second-order valence-electron chi connectivity index (χ2n) is 2.52. The molecule has 0 saturated heterocycles. The van der Waals surface area contributed by atoms with E-state index in [-0.39, 0.29) is 13.2 Å². The molecule has 0 fully saturated rings. The van der Waals surface area contributed by atoms with Crippen molar-refractivity contribution in [2.24, 2.45) is 5.73 Å². The largest absolute Gasteiger partial charge is 0.480 e. The minimum atomic E-state index is -0.963. The van der Waals surface area contributed by atoms with Crippen LogP contribution in [0, 0.1) is 0 Å². The van der Waals surface area contributed by atoms with Crippen molar-refractivity contribution in [3.8, 4) is 0 Å². The van der Waals surface area contributed by atoms with Crippen LogP contribution < -0.4 is 5.73 Å². The summed E-state index contributed by atoms with van der Waals surface area (Å²) in [4.78, 5) is 10.2. The molecule has 0 bridgehead atoms. The normalized spacial score (nSPS) is 11.5. The molecular weight excluding hydrogens is 238 g/mol. The lowest BCUT2D eigenvalue weighted by atomic mass is 10.2. The number of aliphatic hydroxyl groups is 2. The fraction of sp³-hybridized carbons (Fsp3) is 0.875. The number of carboxylic acid groups (broad SMARTS) is 1. The Labute approximate surface area is 99.5 Å². The lowest BCUT2D eigenvalue weighted by Crippen LogP contribution is -2.30. The van der Waals surface area contributed by atoms with Crippen LogP contribution in [-0.4, -0.2) is 57.8 Å². The summed E-state index contributed by atoms with van der Waals surface area (Å²) in [7, 11) is 0. The number of nitrogens with two attached hydrogens (primary N) is 1. The van der Waals surface area contributed by atoms with Gasteiger partial charge < -0.3 is 21.1 Å². The molecular formula is C8H19NO4S2. The molecule has 15 heavy (non-hydrogen) atoms. The summed E-state index contributed by atoms with van der Waals surface area (Å²) in [5.41, 5.74) is 5.22. The van der Waals surface area contributed by atoms with E-state index in [1.54, 1.807) is 0 Å². The van der Waals surface area contributed by atoms with E-state index >= 15 is 0 Å². The summed E-state index contributed by atoms with van der Waals surface area (Å²) in [6, 6.07) is -0.763. The fourth-order valence-corrected chi connectivity index (χ4v) is 1.25. The number of hydrogen-bond acceptors (Lipinski definition) is 6. The van der Waals surface area contributed by atoms with Crippen LogP contribution in [0.3, 0.4) is 0 Å². The quantitative estimate of drug-likeness (QED) is 0.309. The molecule has 7 heteroatoms. The van der Waals surface area contributed by atoms with Gasteiger partial charge in [0.05, 0.1) is 13.2 Å². The van der Waals surface area contributed by atoms with Crippen LogP contribution in [0.2, 0.25) is 0 Å². The molecule has 0 radical (unpaired) electrons. The Morgan fingerprint density at radius 3 is 2.20 bits per heavy atom. The lowest BCUT2D eigenvalue weighted by molar-refractivity contribution is -0.138. The number of aliphatic carboxylic acids is 1. The third kappa shape index (κ3) is 16.7. The van der Waals surface area contributed by atoms with E-state index in [9.17, 15) is 4.79 Å². The van der Waals surface area contributed by atoms with E-state index in [0.29, 0.717) is 23.7 Å². The monoisotopic (exact) mass is 257 g/mol. The highest BCUT2D eigenvalue weighted by molar-refractivity contribution is 7.99. The molecule has 0 aromatic rings. The van der Waals surface area contributed by atoms with Gasteiger partial charge in [-0.05, 0) is 12.2 Å². The average Bonchev–Trinajstić information content (AvgIpc) is 2.24. The molecule has 0 aliphatic carbocycles. The van der Waals surface area contributed by atoms with E-state index in [1.807, 2.05) is 0 Å². The van der Waals surface area contributed by atoms with Gasteiger partial charge in [-0.2, -0.15) is 24.4 Å². The summed E-state index contributed by atoms with van der Waals surface area (Å²) < 4.78 is 0. The van der Waals surface area contributed by atoms with Crippen molar-refractivity contribution in [1.29, 1.82) is 0 Å². The van der Waals surface area contributed by atoms with Gasteiger partial charge in [0, 0.05) is 11.5 Å². The van der Waals surface area contributed by atoms with E-state index in [0.717, 1.165) is 0 Å². The maximum Gasteiger partial charge on any atom is 0.320 e. The Morgan fingerprint density at radius 2 is 1.87 bits per heavy atom. The molecule has 0 rings (SSSR count).